The van der Waals surface area contributed by atoms with Gasteiger partial charge in [-0.3, -0.25) is 4.79 Å². The van der Waals surface area contributed by atoms with Crippen LogP contribution in [0.5, 0.6) is 0 Å². The Labute approximate surface area is 119 Å². The summed E-state index contributed by atoms with van der Waals surface area (Å²) in [6.07, 6.45) is 0.853. The van der Waals surface area contributed by atoms with Crippen molar-refractivity contribution in [1.29, 1.82) is 0 Å². The monoisotopic (exact) mass is 291 g/mol. The number of rotatable bonds is 4. The van der Waals surface area contributed by atoms with Gasteiger partial charge in [0.25, 0.3) is 5.91 Å². The Morgan fingerprint density at radius 2 is 2.26 bits per heavy atom. The molecule has 2 aromatic rings. The lowest BCUT2D eigenvalue weighted by atomic mass is 10.3. The van der Waals surface area contributed by atoms with Crippen LogP contribution in [0.25, 0.3) is 0 Å². The van der Waals surface area contributed by atoms with Gasteiger partial charge in [-0.1, -0.05) is 17.9 Å². The molecular formula is C14H13NO2S2. The molecule has 0 fully saturated rings. The first-order valence-corrected chi connectivity index (χ1v) is 7.49. The zero-order valence-corrected chi connectivity index (χ0v) is 11.8. The lowest BCUT2D eigenvalue weighted by molar-refractivity contribution is 0.0958. The largest absolute Gasteiger partial charge is 0.384 e. The second kappa shape index (κ2) is 7.10. The lowest BCUT2D eigenvalue weighted by Crippen LogP contribution is -2.24. The number of hydrogen-bond donors (Lipinski definition) is 2. The molecule has 0 saturated heterocycles. The number of aliphatic hydroxyl groups is 1. The summed E-state index contributed by atoms with van der Waals surface area (Å²) in [7, 11) is 0. The average molecular weight is 291 g/mol. The summed E-state index contributed by atoms with van der Waals surface area (Å²) in [5.41, 5.74) is 0. The smallest absolute Gasteiger partial charge is 0.261 e. The third-order valence-electron chi connectivity index (χ3n) is 2.36. The number of thiophene rings is 2. The van der Waals surface area contributed by atoms with E-state index in [1.165, 1.54) is 16.2 Å². The van der Waals surface area contributed by atoms with Gasteiger partial charge in [0.05, 0.1) is 9.75 Å². The van der Waals surface area contributed by atoms with Gasteiger partial charge in [0.15, 0.2) is 0 Å². The van der Waals surface area contributed by atoms with Crippen LogP contribution in [-0.2, 0) is 6.42 Å². The SMILES string of the molecule is O=C(NCCc1cccs1)c1ccc(C#CCO)s1. The second-order valence-corrected chi connectivity index (χ2v) is 5.83. The van der Waals surface area contributed by atoms with Gasteiger partial charge in [0, 0.05) is 11.4 Å². The third-order valence-corrected chi connectivity index (χ3v) is 4.29. The van der Waals surface area contributed by atoms with Crippen LogP contribution >= 0.6 is 22.7 Å². The van der Waals surface area contributed by atoms with Gasteiger partial charge in [-0.05, 0) is 30.0 Å². The van der Waals surface area contributed by atoms with E-state index in [-0.39, 0.29) is 12.5 Å². The van der Waals surface area contributed by atoms with Crippen LogP contribution in [0.1, 0.15) is 19.4 Å². The maximum Gasteiger partial charge on any atom is 0.261 e. The summed E-state index contributed by atoms with van der Waals surface area (Å²) in [6, 6.07) is 7.62. The minimum absolute atomic E-state index is 0.0707. The highest BCUT2D eigenvalue weighted by Gasteiger charge is 2.07. The Bertz CT molecular complexity index is 590. The van der Waals surface area contributed by atoms with Crippen molar-refractivity contribution >= 4 is 28.6 Å². The van der Waals surface area contributed by atoms with Crippen LogP contribution < -0.4 is 5.32 Å². The van der Waals surface area contributed by atoms with E-state index in [0.717, 1.165) is 11.3 Å². The minimum atomic E-state index is -0.166. The summed E-state index contributed by atoms with van der Waals surface area (Å²) >= 11 is 3.03. The van der Waals surface area contributed by atoms with Crippen LogP contribution in [0, 0.1) is 11.8 Å². The Kier molecular flexibility index (Phi) is 5.16. The fourth-order valence-electron chi connectivity index (χ4n) is 1.49. The van der Waals surface area contributed by atoms with E-state index in [2.05, 4.69) is 23.2 Å². The molecule has 0 radical (unpaired) electrons. The number of amides is 1. The van der Waals surface area contributed by atoms with Crippen molar-refractivity contribution in [3.05, 3.63) is 44.3 Å². The fraction of sp³-hybridized carbons (Fsp3) is 0.214. The van der Waals surface area contributed by atoms with Crippen molar-refractivity contribution in [3.8, 4) is 11.8 Å². The molecule has 0 aliphatic heterocycles. The predicted octanol–water partition coefficient (Wildman–Crippen LogP) is 2.13. The molecule has 0 bridgehead atoms. The molecule has 1 amide bonds. The first-order valence-electron chi connectivity index (χ1n) is 5.80. The fourth-order valence-corrected chi connectivity index (χ4v) is 3.00. The molecule has 2 heterocycles. The Balaban J connectivity index is 1.84. The van der Waals surface area contributed by atoms with Gasteiger partial charge < -0.3 is 10.4 Å². The van der Waals surface area contributed by atoms with Gasteiger partial charge in [0.1, 0.15) is 6.61 Å². The average Bonchev–Trinajstić information content (AvgIpc) is 3.07. The van der Waals surface area contributed by atoms with E-state index in [9.17, 15) is 4.79 Å². The standard InChI is InChI=1S/C14H13NO2S2/c16-9-1-3-12-5-6-13(19-12)14(17)15-8-7-11-4-2-10-18-11/h2,4-6,10,16H,7-9H2,(H,15,17). The molecule has 19 heavy (non-hydrogen) atoms. The van der Waals surface area contributed by atoms with Gasteiger partial charge >= 0.3 is 0 Å². The van der Waals surface area contributed by atoms with E-state index in [1.807, 2.05) is 11.4 Å². The van der Waals surface area contributed by atoms with Crippen molar-refractivity contribution in [1.82, 2.24) is 5.32 Å². The Morgan fingerprint density at radius 1 is 1.37 bits per heavy atom. The van der Waals surface area contributed by atoms with E-state index < -0.39 is 0 Å². The van der Waals surface area contributed by atoms with Crippen molar-refractivity contribution in [2.45, 2.75) is 6.42 Å². The molecule has 98 valence electrons. The molecule has 3 nitrogen and oxygen atoms in total. The number of carbonyl (C=O) groups is 1. The molecule has 0 aromatic carbocycles. The van der Waals surface area contributed by atoms with Gasteiger partial charge in [0.2, 0.25) is 0 Å². The molecular weight excluding hydrogens is 278 g/mol. The van der Waals surface area contributed by atoms with Gasteiger partial charge in [-0.25, -0.2) is 0 Å². The third kappa shape index (κ3) is 4.21. The highest BCUT2D eigenvalue weighted by molar-refractivity contribution is 7.14. The molecule has 0 aliphatic carbocycles. The van der Waals surface area contributed by atoms with Gasteiger partial charge in [-0.2, -0.15) is 0 Å². The summed E-state index contributed by atoms with van der Waals surface area (Å²) in [6.45, 7) is 0.467. The van der Waals surface area contributed by atoms with Crippen LogP contribution in [0.15, 0.2) is 29.6 Å². The maximum atomic E-state index is 11.9. The minimum Gasteiger partial charge on any atom is -0.384 e. The number of hydrogen-bond acceptors (Lipinski definition) is 4. The molecule has 5 heteroatoms. The summed E-state index contributed by atoms with van der Waals surface area (Å²) in [4.78, 5) is 14.6. The zero-order valence-electron chi connectivity index (χ0n) is 10.2. The zero-order chi connectivity index (χ0) is 13.5. The van der Waals surface area contributed by atoms with Crippen LogP contribution in [-0.4, -0.2) is 24.2 Å². The first kappa shape index (κ1) is 13.8. The van der Waals surface area contributed by atoms with Gasteiger partial charge in [-0.15, -0.1) is 22.7 Å². The normalized spacial score (nSPS) is 9.74. The number of nitrogens with one attached hydrogen (secondary N) is 1. The van der Waals surface area contributed by atoms with E-state index in [1.54, 1.807) is 23.5 Å². The van der Waals surface area contributed by atoms with Crippen molar-refractivity contribution < 1.29 is 9.90 Å². The summed E-state index contributed by atoms with van der Waals surface area (Å²) in [5, 5.41) is 13.5. The molecule has 2 rings (SSSR count). The van der Waals surface area contributed by atoms with Crippen molar-refractivity contribution in [2.24, 2.45) is 0 Å². The molecule has 2 N–H and O–H groups in total. The number of aliphatic hydroxyl groups excluding tert-OH is 1. The summed E-state index contributed by atoms with van der Waals surface area (Å²) < 4.78 is 0. The highest BCUT2D eigenvalue weighted by Crippen LogP contribution is 2.15. The van der Waals surface area contributed by atoms with Crippen LogP contribution in [0.2, 0.25) is 0 Å². The van der Waals surface area contributed by atoms with Crippen LogP contribution in [0.3, 0.4) is 0 Å². The molecule has 0 atom stereocenters. The molecule has 0 unspecified atom stereocenters. The highest BCUT2D eigenvalue weighted by atomic mass is 32.1. The maximum absolute atomic E-state index is 11.9. The van der Waals surface area contributed by atoms with E-state index in [4.69, 9.17) is 5.11 Å². The molecule has 0 aliphatic rings. The quantitative estimate of drug-likeness (QED) is 0.848. The van der Waals surface area contributed by atoms with Crippen molar-refractivity contribution in [2.75, 3.05) is 13.2 Å². The second-order valence-electron chi connectivity index (χ2n) is 3.71. The molecule has 0 spiro atoms. The lowest BCUT2D eigenvalue weighted by Gasteiger charge is -2.01. The number of carbonyl (C=O) groups excluding carboxylic acids is 1. The Hall–Kier alpha value is -1.61. The predicted molar refractivity (Wildman–Crippen MR) is 78.6 cm³/mol. The summed E-state index contributed by atoms with van der Waals surface area (Å²) in [5.74, 6) is 5.28. The Morgan fingerprint density at radius 3 is 3.00 bits per heavy atom. The van der Waals surface area contributed by atoms with Crippen LogP contribution in [0.4, 0.5) is 0 Å². The first-order chi connectivity index (χ1) is 9.29. The van der Waals surface area contributed by atoms with E-state index >= 15 is 0 Å². The topological polar surface area (TPSA) is 49.3 Å². The van der Waals surface area contributed by atoms with E-state index in [0.29, 0.717) is 11.4 Å². The molecule has 2 aromatic heterocycles. The molecule has 0 saturated carbocycles. The van der Waals surface area contributed by atoms with Crippen molar-refractivity contribution in [3.63, 3.8) is 0 Å².